The molecule has 1 fully saturated rings. The molecule has 0 unspecified atom stereocenters. The number of aliphatic hydroxyl groups is 1. The summed E-state index contributed by atoms with van der Waals surface area (Å²) in [6.45, 7) is 7.96. The van der Waals surface area contributed by atoms with Gasteiger partial charge in [0, 0.05) is 13.1 Å². The number of rotatable bonds is 3. The van der Waals surface area contributed by atoms with E-state index in [1.807, 2.05) is 20.8 Å². The van der Waals surface area contributed by atoms with Gasteiger partial charge in [0.15, 0.2) is 0 Å². The maximum absolute atomic E-state index is 9.91. The molecular formula is C13H27NO3S. The van der Waals surface area contributed by atoms with Gasteiger partial charge in [0.05, 0.1) is 5.60 Å². The average molecular weight is 277 g/mol. The molecule has 0 amide bonds. The van der Waals surface area contributed by atoms with Gasteiger partial charge in [-0.05, 0) is 52.8 Å². The van der Waals surface area contributed by atoms with Crippen molar-refractivity contribution >= 4 is 19.1 Å². The van der Waals surface area contributed by atoms with Gasteiger partial charge in [-0.25, -0.2) is 0 Å². The Morgan fingerprint density at radius 3 is 2.17 bits per heavy atom. The molecule has 1 heterocycles. The van der Waals surface area contributed by atoms with E-state index in [0.717, 1.165) is 38.1 Å². The molecule has 18 heavy (non-hydrogen) atoms. The lowest BCUT2D eigenvalue weighted by Crippen LogP contribution is -2.42. The minimum Gasteiger partial charge on any atom is -0.462 e. The van der Waals surface area contributed by atoms with E-state index in [-0.39, 0.29) is 5.60 Å². The largest absolute Gasteiger partial charge is 0.462 e. The number of thiol groups is 1. The summed E-state index contributed by atoms with van der Waals surface area (Å²) in [4.78, 5) is 11.9. The zero-order valence-corrected chi connectivity index (χ0v) is 12.9. The summed E-state index contributed by atoms with van der Waals surface area (Å²) in [5, 5.41) is 9.91. The van der Waals surface area contributed by atoms with Gasteiger partial charge in [0.1, 0.15) is 5.60 Å². The van der Waals surface area contributed by atoms with Crippen LogP contribution in [0.15, 0.2) is 0 Å². The monoisotopic (exact) mass is 277 g/mol. The van der Waals surface area contributed by atoms with Crippen LogP contribution in [-0.2, 0) is 9.53 Å². The van der Waals surface area contributed by atoms with Crippen molar-refractivity contribution in [1.29, 1.82) is 0 Å². The lowest BCUT2D eigenvalue weighted by molar-refractivity contribution is -0.138. The van der Waals surface area contributed by atoms with Crippen molar-refractivity contribution in [2.45, 2.75) is 51.2 Å². The van der Waals surface area contributed by atoms with Crippen LogP contribution in [0.2, 0.25) is 0 Å². The molecule has 5 heteroatoms. The van der Waals surface area contributed by atoms with Crippen molar-refractivity contribution in [2.75, 3.05) is 25.9 Å². The third kappa shape index (κ3) is 8.78. The van der Waals surface area contributed by atoms with Crippen LogP contribution in [-0.4, -0.2) is 53.6 Å². The second kappa shape index (κ2) is 8.02. The van der Waals surface area contributed by atoms with Gasteiger partial charge in [-0.15, -0.1) is 0 Å². The van der Waals surface area contributed by atoms with Crippen LogP contribution in [0.5, 0.6) is 0 Å². The first kappa shape index (κ1) is 17.7. The third-order valence-electron chi connectivity index (χ3n) is 2.90. The standard InChI is InChI=1S/C8H17NOS.C5H10O2/c1-9-5-2-8(10,3-6-9)4-7-11;1-5(2,3)7-4-6/h10-11H,2-7H2,1H3;4H,1-3H3. The van der Waals surface area contributed by atoms with Gasteiger partial charge < -0.3 is 14.7 Å². The summed E-state index contributed by atoms with van der Waals surface area (Å²) in [6.07, 6.45) is 2.65. The molecule has 0 aromatic rings. The van der Waals surface area contributed by atoms with Crippen molar-refractivity contribution in [3.05, 3.63) is 0 Å². The molecule has 0 saturated carbocycles. The fourth-order valence-electron chi connectivity index (χ4n) is 1.64. The molecule has 0 atom stereocenters. The minimum absolute atomic E-state index is 0.318. The molecule has 0 aromatic heterocycles. The highest BCUT2D eigenvalue weighted by atomic mass is 32.1. The molecule has 1 aliphatic rings. The van der Waals surface area contributed by atoms with Crippen molar-refractivity contribution in [3.63, 3.8) is 0 Å². The Labute approximate surface area is 116 Å². The Bertz CT molecular complexity index is 233. The van der Waals surface area contributed by atoms with E-state index in [4.69, 9.17) is 0 Å². The van der Waals surface area contributed by atoms with E-state index >= 15 is 0 Å². The maximum atomic E-state index is 9.91. The Balaban J connectivity index is 0.000000360. The summed E-state index contributed by atoms with van der Waals surface area (Å²) in [7, 11) is 2.10. The number of piperidine rings is 1. The van der Waals surface area contributed by atoms with Crippen molar-refractivity contribution in [3.8, 4) is 0 Å². The van der Waals surface area contributed by atoms with Crippen molar-refractivity contribution in [2.24, 2.45) is 0 Å². The highest BCUT2D eigenvalue weighted by Crippen LogP contribution is 2.24. The van der Waals surface area contributed by atoms with E-state index in [2.05, 4.69) is 29.3 Å². The first-order valence-corrected chi connectivity index (χ1v) is 6.99. The van der Waals surface area contributed by atoms with Crippen molar-refractivity contribution < 1.29 is 14.6 Å². The number of hydrogen-bond acceptors (Lipinski definition) is 5. The molecule has 0 aliphatic carbocycles. The molecule has 1 saturated heterocycles. The molecule has 0 aromatic carbocycles. The van der Waals surface area contributed by atoms with E-state index in [1.54, 1.807) is 0 Å². The molecule has 0 bridgehead atoms. The highest BCUT2D eigenvalue weighted by Gasteiger charge is 2.29. The summed E-state index contributed by atoms with van der Waals surface area (Å²) in [5.74, 6) is 0.792. The van der Waals surface area contributed by atoms with Crippen LogP contribution in [0.3, 0.4) is 0 Å². The lowest BCUT2D eigenvalue weighted by atomic mass is 9.89. The molecular weight excluding hydrogens is 250 g/mol. The quantitative estimate of drug-likeness (QED) is 0.609. The Kier molecular flexibility index (Phi) is 7.90. The average Bonchev–Trinajstić information content (AvgIpc) is 2.22. The fraction of sp³-hybridized carbons (Fsp3) is 0.923. The second-order valence-electron chi connectivity index (χ2n) is 5.83. The normalized spacial score (nSPS) is 19.7. The van der Waals surface area contributed by atoms with E-state index in [0.29, 0.717) is 6.47 Å². The van der Waals surface area contributed by atoms with Crippen LogP contribution in [0.25, 0.3) is 0 Å². The number of nitrogens with zero attached hydrogens (tertiary/aromatic N) is 1. The van der Waals surface area contributed by atoms with Crippen LogP contribution >= 0.6 is 12.6 Å². The predicted molar refractivity (Wildman–Crippen MR) is 77.1 cm³/mol. The lowest BCUT2D eigenvalue weighted by Gasteiger charge is -2.36. The number of carbonyl (C=O) groups excluding carboxylic acids is 1. The fourth-order valence-corrected chi connectivity index (χ4v) is 2.05. The number of hydrogen-bond donors (Lipinski definition) is 2. The predicted octanol–water partition coefficient (Wildman–Crippen LogP) is 1.72. The first-order valence-electron chi connectivity index (χ1n) is 6.36. The number of ether oxygens (including phenoxy) is 1. The van der Waals surface area contributed by atoms with Crippen LogP contribution < -0.4 is 0 Å². The van der Waals surface area contributed by atoms with Crippen molar-refractivity contribution in [1.82, 2.24) is 4.90 Å². The number of likely N-dealkylation sites (tertiary alicyclic amines) is 1. The summed E-state index contributed by atoms with van der Waals surface area (Å²) in [5.41, 5.74) is -0.726. The topological polar surface area (TPSA) is 49.8 Å². The second-order valence-corrected chi connectivity index (χ2v) is 6.27. The molecule has 0 radical (unpaired) electrons. The molecule has 1 rings (SSSR count). The molecule has 4 nitrogen and oxygen atoms in total. The summed E-state index contributed by atoms with van der Waals surface area (Å²) in [6, 6.07) is 0. The van der Waals surface area contributed by atoms with E-state index in [9.17, 15) is 9.90 Å². The third-order valence-corrected chi connectivity index (χ3v) is 3.12. The number of carbonyl (C=O) groups is 1. The Hall–Kier alpha value is -0.260. The molecule has 1 N–H and O–H groups in total. The Morgan fingerprint density at radius 1 is 1.39 bits per heavy atom. The summed E-state index contributed by atoms with van der Waals surface area (Å²) >= 11 is 4.13. The maximum Gasteiger partial charge on any atom is 0.293 e. The van der Waals surface area contributed by atoms with Gasteiger partial charge in [-0.2, -0.15) is 12.6 Å². The Morgan fingerprint density at radius 2 is 1.89 bits per heavy atom. The molecule has 1 aliphatic heterocycles. The van der Waals surface area contributed by atoms with Crippen LogP contribution in [0.1, 0.15) is 40.0 Å². The molecule has 0 spiro atoms. The SMILES string of the molecule is CC(C)(C)OC=O.CN1CCC(O)(CCS)CC1. The zero-order chi connectivity index (χ0) is 14.2. The van der Waals surface area contributed by atoms with Gasteiger partial charge in [0.2, 0.25) is 0 Å². The van der Waals surface area contributed by atoms with Gasteiger partial charge in [0.25, 0.3) is 6.47 Å². The smallest absolute Gasteiger partial charge is 0.293 e. The zero-order valence-electron chi connectivity index (χ0n) is 12.0. The minimum atomic E-state index is -0.408. The van der Waals surface area contributed by atoms with Gasteiger partial charge >= 0.3 is 0 Å². The van der Waals surface area contributed by atoms with E-state index in [1.165, 1.54) is 0 Å². The first-order chi connectivity index (χ1) is 8.22. The van der Waals surface area contributed by atoms with E-state index < -0.39 is 5.60 Å². The summed E-state index contributed by atoms with van der Waals surface area (Å²) < 4.78 is 4.55. The van der Waals surface area contributed by atoms with Gasteiger partial charge in [-0.3, -0.25) is 4.79 Å². The van der Waals surface area contributed by atoms with Crippen LogP contribution in [0.4, 0.5) is 0 Å². The van der Waals surface area contributed by atoms with Gasteiger partial charge in [-0.1, -0.05) is 0 Å². The highest BCUT2D eigenvalue weighted by molar-refractivity contribution is 7.80. The van der Waals surface area contributed by atoms with Crippen LogP contribution in [0, 0.1) is 0 Å². The molecule has 108 valence electrons.